The van der Waals surface area contributed by atoms with Crippen LogP contribution in [-0.2, 0) is 7.05 Å². The molecule has 20 heavy (non-hydrogen) atoms. The van der Waals surface area contributed by atoms with Crippen LogP contribution >= 0.6 is 0 Å². The predicted octanol–water partition coefficient (Wildman–Crippen LogP) is 0.540. The summed E-state index contributed by atoms with van der Waals surface area (Å²) in [5, 5.41) is 10.3. The van der Waals surface area contributed by atoms with Crippen molar-refractivity contribution in [1.82, 2.24) is 25.0 Å². The maximum absolute atomic E-state index is 12.1. The molecule has 1 amide bonds. The highest BCUT2D eigenvalue weighted by Crippen LogP contribution is 2.20. The van der Waals surface area contributed by atoms with E-state index in [2.05, 4.69) is 25.6 Å². The minimum atomic E-state index is -0.328. The number of aromatic nitrogens is 5. The average molecular weight is 275 g/mol. The van der Waals surface area contributed by atoms with Gasteiger partial charge in [0, 0.05) is 21.1 Å². The van der Waals surface area contributed by atoms with Crippen LogP contribution in [0.4, 0.5) is 11.6 Å². The van der Waals surface area contributed by atoms with Gasteiger partial charge in [-0.3, -0.25) is 9.48 Å². The van der Waals surface area contributed by atoms with Crippen molar-refractivity contribution < 1.29 is 4.79 Å². The summed E-state index contributed by atoms with van der Waals surface area (Å²) >= 11 is 0. The second kappa shape index (κ2) is 5.24. The number of rotatable bonds is 3. The molecule has 1 N–H and O–H groups in total. The highest BCUT2D eigenvalue weighted by atomic mass is 16.2. The molecule has 0 aliphatic rings. The summed E-state index contributed by atoms with van der Waals surface area (Å²) in [6.07, 6.45) is 1.55. The van der Waals surface area contributed by atoms with Gasteiger partial charge >= 0.3 is 0 Å². The Bertz CT molecular complexity index is 624. The Hall–Kier alpha value is -2.51. The van der Waals surface area contributed by atoms with E-state index in [-0.39, 0.29) is 11.6 Å². The van der Waals surface area contributed by atoms with Crippen LogP contribution in [0, 0.1) is 13.8 Å². The molecule has 0 aliphatic heterocycles. The predicted molar refractivity (Wildman–Crippen MR) is 74.8 cm³/mol. The molecule has 0 atom stereocenters. The fraction of sp³-hybridized carbons (Fsp3) is 0.417. The molecule has 2 heterocycles. The smallest absolute Gasteiger partial charge is 0.277 e. The molecule has 0 fully saturated rings. The fourth-order valence-corrected chi connectivity index (χ4v) is 1.71. The number of nitrogens with one attached hydrogen (secondary N) is 1. The highest BCUT2D eigenvalue weighted by Gasteiger charge is 2.15. The third kappa shape index (κ3) is 2.73. The number of carbonyl (C=O) groups excluding carboxylic acids is 1. The molecular formula is C12H17N7O. The average Bonchev–Trinajstić information content (AvgIpc) is 2.80. The van der Waals surface area contributed by atoms with Gasteiger partial charge in [0.05, 0.1) is 23.3 Å². The maximum atomic E-state index is 12.1. The standard InChI is InChI=1S/C12H17N7O/c1-7-10(8(2)14-12(13-7)18(3)4)15-11(20)9-6-19(5)17-16-9/h6H,1-5H3,(H,15,20). The van der Waals surface area contributed by atoms with E-state index in [1.165, 1.54) is 4.68 Å². The minimum Gasteiger partial charge on any atom is -0.347 e. The first-order chi connectivity index (χ1) is 9.38. The molecule has 8 nitrogen and oxygen atoms in total. The third-order valence-electron chi connectivity index (χ3n) is 2.73. The number of aryl methyl sites for hydroxylation is 3. The van der Waals surface area contributed by atoms with Gasteiger partial charge in [-0.15, -0.1) is 5.10 Å². The van der Waals surface area contributed by atoms with Crippen molar-refractivity contribution in [3.05, 3.63) is 23.3 Å². The highest BCUT2D eigenvalue weighted by molar-refractivity contribution is 6.03. The minimum absolute atomic E-state index is 0.253. The van der Waals surface area contributed by atoms with E-state index in [9.17, 15) is 4.79 Å². The Morgan fingerprint density at radius 2 is 1.85 bits per heavy atom. The summed E-state index contributed by atoms with van der Waals surface area (Å²) < 4.78 is 1.47. The lowest BCUT2D eigenvalue weighted by molar-refractivity contribution is 0.102. The van der Waals surface area contributed by atoms with E-state index >= 15 is 0 Å². The van der Waals surface area contributed by atoms with Crippen molar-refractivity contribution in [2.24, 2.45) is 7.05 Å². The van der Waals surface area contributed by atoms with Crippen LogP contribution in [0.5, 0.6) is 0 Å². The molecule has 106 valence electrons. The van der Waals surface area contributed by atoms with Gasteiger partial charge in [-0.05, 0) is 13.8 Å². The van der Waals surface area contributed by atoms with Gasteiger partial charge in [-0.25, -0.2) is 9.97 Å². The lowest BCUT2D eigenvalue weighted by Crippen LogP contribution is -2.18. The lowest BCUT2D eigenvalue weighted by Gasteiger charge is -2.15. The van der Waals surface area contributed by atoms with E-state index in [0.29, 0.717) is 23.0 Å². The van der Waals surface area contributed by atoms with Crippen LogP contribution in [0.2, 0.25) is 0 Å². The summed E-state index contributed by atoms with van der Waals surface area (Å²) in [7, 11) is 5.44. The van der Waals surface area contributed by atoms with Crippen molar-refractivity contribution in [2.45, 2.75) is 13.8 Å². The molecule has 0 aliphatic carbocycles. The zero-order valence-corrected chi connectivity index (χ0v) is 12.2. The zero-order valence-electron chi connectivity index (χ0n) is 12.2. The van der Waals surface area contributed by atoms with Gasteiger partial charge in [0.2, 0.25) is 5.95 Å². The molecule has 0 spiro atoms. The summed E-state index contributed by atoms with van der Waals surface area (Å²) in [4.78, 5) is 22.6. The molecule has 0 radical (unpaired) electrons. The van der Waals surface area contributed by atoms with Gasteiger partial charge < -0.3 is 10.2 Å². The molecule has 0 saturated carbocycles. The Labute approximate surface area is 116 Å². The Morgan fingerprint density at radius 1 is 1.25 bits per heavy atom. The van der Waals surface area contributed by atoms with Crippen LogP contribution in [0.25, 0.3) is 0 Å². The Balaban J connectivity index is 2.28. The molecule has 0 bridgehead atoms. The number of nitrogens with zero attached hydrogens (tertiary/aromatic N) is 6. The summed E-state index contributed by atoms with van der Waals surface area (Å²) in [5.41, 5.74) is 2.27. The normalized spacial score (nSPS) is 10.4. The monoisotopic (exact) mass is 275 g/mol. The summed E-state index contributed by atoms with van der Waals surface area (Å²) in [6.45, 7) is 3.65. The first-order valence-electron chi connectivity index (χ1n) is 6.08. The number of anilines is 2. The summed E-state index contributed by atoms with van der Waals surface area (Å²) in [6, 6.07) is 0. The number of hydrogen-bond acceptors (Lipinski definition) is 6. The second-order valence-corrected chi connectivity index (χ2v) is 4.70. The van der Waals surface area contributed by atoms with Crippen molar-refractivity contribution in [3.8, 4) is 0 Å². The topological polar surface area (TPSA) is 88.8 Å². The third-order valence-corrected chi connectivity index (χ3v) is 2.73. The number of carbonyl (C=O) groups is 1. The molecule has 0 unspecified atom stereocenters. The Morgan fingerprint density at radius 3 is 2.30 bits per heavy atom. The van der Waals surface area contributed by atoms with Gasteiger partial charge in [-0.2, -0.15) is 0 Å². The van der Waals surface area contributed by atoms with Gasteiger partial charge in [0.15, 0.2) is 5.69 Å². The van der Waals surface area contributed by atoms with Crippen LogP contribution in [-0.4, -0.2) is 45.0 Å². The fourth-order valence-electron chi connectivity index (χ4n) is 1.71. The van der Waals surface area contributed by atoms with Crippen LogP contribution in [0.15, 0.2) is 6.20 Å². The van der Waals surface area contributed by atoms with Crippen molar-refractivity contribution in [1.29, 1.82) is 0 Å². The molecular weight excluding hydrogens is 258 g/mol. The molecule has 2 rings (SSSR count). The van der Waals surface area contributed by atoms with Crippen molar-refractivity contribution in [3.63, 3.8) is 0 Å². The van der Waals surface area contributed by atoms with Gasteiger partial charge in [0.25, 0.3) is 5.91 Å². The van der Waals surface area contributed by atoms with Gasteiger partial charge in [0.1, 0.15) is 0 Å². The largest absolute Gasteiger partial charge is 0.347 e. The van der Waals surface area contributed by atoms with E-state index in [0.717, 1.165) is 0 Å². The quantitative estimate of drug-likeness (QED) is 0.879. The zero-order chi connectivity index (χ0) is 14.9. The number of amides is 1. The molecule has 2 aromatic heterocycles. The number of hydrogen-bond donors (Lipinski definition) is 1. The van der Waals surface area contributed by atoms with Crippen LogP contribution in [0.1, 0.15) is 21.9 Å². The second-order valence-electron chi connectivity index (χ2n) is 4.70. The maximum Gasteiger partial charge on any atom is 0.277 e. The van der Waals surface area contributed by atoms with Crippen molar-refractivity contribution in [2.75, 3.05) is 24.3 Å². The van der Waals surface area contributed by atoms with Crippen LogP contribution < -0.4 is 10.2 Å². The Kier molecular flexibility index (Phi) is 3.64. The molecule has 0 saturated heterocycles. The molecule has 0 aromatic carbocycles. The van der Waals surface area contributed by atoms with E-state index < -0.39 is 0 Å². The molecule has 2 aromatic rings. The SMILES string of the molecule is Cc1nc(N(C)C)nc(C)c1NC(=O)c1cn(C)nn1. The first kappa shape index (κ1) is 13.9. The van der Waals surface area contributed by atoms with Gasteiger partial charge in [-0.1, -0.05) is 5.21 Å². The first-order valence-corrected chi connectivity index (χ1v) is 6.08. The summed E-state index contributed by atoms with van der Waals surface area (Å²) in [5.74, 6) is 0.281. The van der Waals surface area contributed by atoms with E-state index in [4.69, 9.17) is 0 Å². The van der Waals surface area contributed by atoms with Crippen LogP contribution in [0.3, 0.4) is 0 Å². The van der Waals surface area contributed by atoms with Crippen molar-refractivity contribution >= 4 is 17.5 Å². The lowest BCUT2D eigenvalue weighted by atomic mass is 10.2. The van der Waals surface area contributed by atoms with E-state index in [1.807, 2.05) is 32.8 Å². The molecule has 8 heteroatoms. The van der Waals surface area contributed by atoms with E-state index in [1.54, 1.807) is 13.2 Å².